The predicted molar refractivity (Wildman–Crippen MR) is 122 cm³/mol. The van der Waals surface area contributed by atoms with Gasteiger partial charge in [0.15, 0.2) is 23.0 Å². The van der Waals surface area contributed by atoms with Crippen LogP contribution < -0.4 is 18.9 Å². The lowest BCUT2D eigenvalue weighted by Gasteiger charge is -2.12. The first-order valence-electron chi connectivity index (χ1n) is 9.49. The van der Waals surface area contributed by atoms with E-state index in [1.165, 1.54) is 27.4 Å². The highest BCUT2D eigenvalue weighted by Crippen LogP contribution is 2.32. The van der Waals surface area contributed by atoms with E-state index < -0.39 is 5.97 Å². The van der Waals surface area contributed by atoms with Crippen LogP contribution in [0.25, 0.3) is 11.6 Å². The van der Waals surface area contributed by atoms with Crippen molar-refractivity contribution >= 4 is 29.2 Å². The van der Waals surface area contributed by atoms with Gasteiger partial charge in [-0.1, -0.05) is 29.8 Å². The zero-order valence-corrected chi connectivity index (χ0v) is 18.5. The smallest absolute Gasteiger partial charge is 0.343 e. The van der Waals surface area contributed by atoms with Gasteiger partial charge in [-0.2, -0.15) is 5.26 Å². The molecule has 0 fully saturated rings. The number of hydrogen-bond acceptors (Lipinski definition) is 6. The fourth-order valence-corrected chi connectivity index (χ4v) is 3.08. The first-order chi connectivity index (χ1) is 15.5. The first kappa shape index (κ1) is 22.7. The monoisotopic (exact) mass is 449 g/mol. The van der Waals surface area contributed by atoms with Crippen LogP contribution in [-0.4, -0.2) is 27.3 Å². The van der Waals surface area contributed by atoms with Crippen molar-refractivity contribution in [3.8, 4) is 29.1 Å². The highest BCUT2D eigenvalue weighted by Gasteiger charge is 2.16. The molecule has 0 spiro atoms. The molecular weight excluding hydrogens is 430 g/mol. The van der Waals surface area contributed by atoms with Crippen molar-refractivity contribution < 1.29 is 23.7 Å². The van der Waals surface area contributed by atoms with Crippen LogP contribution in [0.1, 0.15) is 21.5 Å². The molecule has 0 atom stereocenters. The minimum atomic E-state index is -0.577. The number of rotatable bonds is 7. The Kier molecular flexibility index (Phi) is 7.37. The van der Waals surface area contributed by atoms with Gasteiger partial charge in [-0.05, 0) is 59.7 Å². The van der Waals surface area contributed by atoms with E-state index in [9.17, 15) is 10.1 Å². The third-order valence-electron chi connectivity index (χ3n) is 4.60. The van der Waals surface area contributed by atoms with Crippen LogP contribution in [0, 0.1) is 11.3 Å². The van der Waals surface area contributed by atoms with E-state index in [1.807, 2.05) is 0 Å². The molecule has 3 aromatic carbocycles. The summed E-state index contributed by atoms with van der Waals surface area (Å²) in [5.74, 6) is 0.939. The molecule has 7 heteroatoms. The van der Waals surface area contributed by atoms with Gasteiger partial charge in [-0.15, -0.1) is 0 Å². The van der Waals surface area contributed by atoms with Crippen molar-refractivity contribution in [2.75, 3.05) is 21.3 Å². The Morgan fingerprint density at radius 2 is 1.41 bits per heavy atom. The Morgan fingerprint density at radius 3 is 2.03 bits per heavy atom. The number of hydrogen-bond donors (Lipinski definition) is 0. The van der Waals surface area contributed by atoms with Gasteiger partial charge in [0.05, 0.1) is 38.5 Å². The van der Waals surface area contributed by atoms with Gasteiger partial charge in [-0.25, -0.2) is 4.79 Å². The number of carbonyl (C=O) groups excluding carboxylic acids is 1. The Bertz CT molecular complexity index is 1200. The van der Waals surface area contributed by atoms with E-state index in [0.717, 1.165) is 5.56 Å². The van der Waals surface area contributed by atoms with E-state index >= 15 is 0 Å². The largest absolute Gasteiger partial charge is 0.493 e. The minimum absolute atomic E-state index is 0.245. The number of methoxy groups -OCH3 is 3. The molecule has 162 valence electrons. The molecule has 0 radical (unpaired) electrons. The van der Waals surface area contributed by atoms with E-state index in [-0.39, 0.29) is 5.75 Å². The maximum absolute atomic E-state index is 12.6. The average Bonchev–Trinajstić information content (AvgIpc) is 2.83. The predicted octanol–water partition coefficient (Wildman–Crippen LogP) is 5.65. The highest BCUT2D eigenvalue weighted by molar-refractivity contribution is 6.30. The molecule has 0 amide bonds. The molecule has 0 saturated carbocycles. The zero-order chi connectivity index (χ0) is 23.1. The van der Waals surface area contributed by atoms with Crippen LogP contribution in [0.3, 0.4) is 0 Å². The maximum atomic E-state index is 12.6. The fourth-order valence-electron chi connectivity index (χ4n) is 2.96. The molecule has 6 nitrogen and oxygen atoms in total. The highest BCUT2D eigenvalue weighted by atomic mass is 35.5. The molecule has 0 heterocycles. The first-order valence-corrected chi connectivity index (χ1v) is 9.86. The van der Waals surface area contributed by atoms with Gasteiger partial charge < -0.3 is 18.9 Å². The molecular formula is C25H20ClNO5. The number of allylic oxidation sites excluding steroid dienone is 1. The number of benzene rings is 3. The second kappa shape index (κ2) is 10.4. The Labute approximate surface area is 191 Å². The van der Waals surface area contributed by atoms with Crippen LogP contribution in [0.15, 0.2) is 60.7 Å². The number of ether oxygens (including phenoxy) is 4. The van der Waals surface area contributed by atoms with Crippen LogP contribution in [-0.2, 0) is 0 Å². The van der Waals surface area contributed by atoms with Crippen molar-refractivity contribution in [2.24, 2.45) is 0 Å². The van der Waals surface area contributed by atoms with Crippen LogP contribution in [0.4, 0.5) is 0 Å². The van der Waals surface area contributed by atoms with Crippen molar-refractivity contribution in [3.05, 3.63) is 82.4 Å². The molecule has 32 heavy (non-hydrogen) atoms. The average molecular weight is 450 g/mol. The van der Waals surface area contributed by atoms with E-state index in [1.54, 1.807) is 60.7 Å². The van der Waals surface area contributed by atoms with Crippen LogP contribution in [0.2, 0.25) is 5.02 Å². The van der Waals surface area contributed by atoms with E-state index in [0.29, 0.717) is 39.0 Å². The van der Waals surface area contributed by atoms with Crippen molar-refractivity contribution in [3.63, 3.8) is 0 Å². The Balaban J connectivity index is 1.86. The molecule has 0 bridgehead atoms. The van der Waals surface area contributed by atoms with Crippen molar-refractivity contribution in [1.29, 1.82) is 5.26 Å². The summed E-state index contributed by atoms with van der Waals surface area (Å²) >= 11 is 5.92. The lowest BCUT2D eigenvalue weighted by Crippen LogP contribution is -2.09. The number of carbonyl (C=O) groups is 1. The van der Waals surface area contributed by atoms with Gasteiger partial charge in [0, 0.05) is 5.02 Å². The molecule has 0 N–H and O–H groups in total. The lowest BCUT2D eigenvalue weighted by molar-refractivity contribution is 0.0729. The summed E-state index contributed by atoms with van der Waals surface area (Å²) in [6, 6.07) is 18.9. The number of nitrogens with zero attached hydrogens (tertiary/aromatic N) is 1. The zero-order valence-electron chi connectivity index (χ0n) is 17.7. The summed E-state index contributed by atoms with van der Waals surface area (Å²) in [5, 5.41) is 10.1. The summed E-state index contributed by atoms with van der Waals surface area (Å²) in [5.41, 5.74) is 2.20. The minimum Gasteiger partial charge on any atom is -0.493 e. The SMILES string of the molecule is COc1ccc(C(=O)Oc2ccc(/C=C(/C#N)c3ccc(Cl)cc3)cc2OC)cc1OC. The molecule has 0 aliphatic carbocycles. The summed E-state index contributed by atoms with van der Waals surface area (Å²) in [6.45, 7) is 0. The normalized spacial score (nSPS) is 10.8. The van der Waals surface area contributed by atoms with Gasteiger partial charge >= 0.3 is 5.97 Å². The molecule has 0 unspecified atom stereocenters. The third-order valence-corrected chi connectivity index (χ3v) is 4.85. The second-order valence-corrected chi connectivity index (χ2v) is 6.98. The number of halogens is 1. The molecule has 0 aliphatic heterocycles. The van der Waals surface area contributed by atoms with Gasteiger partial charge in [0.25, 0.3) is 0 Å². The molecule has 3 aromatic rings. The van der Waals surface area contributed by atoms with Crippen LogP contribution in [0.5, 0.6) is 23.0 Å². The molecule has 0 aliphatic rings. The summed E-state index contributed by atoms with van der Waals surface area (Å²) in [7, 11) is 4.48. The number of nitriles is 1. The summed E-state index contributed by atoms with van der Waals surface area (Å²) in [6.07, 6.45) is 1.71. The topological polar surface area (TPSA) is 77.8 Å². The molecule has 0 saturated heterocycles. The standard InChI is InChI=1S/C25H20ClNO5/c1-29-21-11-7-18(14-24(21)31-3)25(28)32-22-10-4-16(13-23(22)30-2)12-19(15-27)17-5-8-20(26)9-6-17/h4-14H,1-3H3/b19-12-. The summed E-state index contributed by atoms with van der Waals surface area (Å²) in [4.78, 5) is 12.6. The fraction of sp³-hybridized carbons (Fsp3) is 0.120. The quantitative estimate of drug-likeness (QED) is 0.201. The molecule has 0 aromatic heterocycles. The van der Waals surface area contributed by atoms with Crippen molar-refractivity contribution in [2.45, 2.75) is 0 Å². The van der Waals surface area contributed by atoms with Gasteiger partial charge in [0.1, 0.15) is 0 Å². The Morgan fingerprint density at radius 1 is 0.812 bits per heavy atom. The van der Waals surface area contributed by atoms with Crippen molar-refractivity contribution in [1.82, 2.24) is 0 Å². The number of esters is 1. The lowest BCUT2D eigenvalue weighted by atomic mass is 10.0. The van der Waals surface area contributed by atoms with Gasteiger partial charge in [0.2, 0.25) is 0 Å². The van der Waals surface area contributed by atoms with Gasteiger partial charge in [-0.3, -0.25) is 0 Å². The maximum Gasteiger partial charge on any atom is 0.343 e. The molecule has 3 rings (SSSR count). The second-order valence-electron chi connectivity index (χ2n) is 6.55. The van der Waals surface area contributed by atoms with Crippen LogP contribution >= 0.6 is 11.6 Å². The van der Waals surface area contributed by atoms with E-state index in [4.69, 9.17) is 30.5 Å². The Hall–Kier alpha value is -3.95. The van der Waals surface area contributed by atoms with E-state index in [2.05, 4.69) is 6.07 Å². The third kappa shape index (κ3) is 5.20. The summed E-state index contributed by atoms with van der Waals surface area (Å²) < 4.78 is 21.3.